The fourth-order valence-corrected chi connectivity index (χ4v) is 2.23. The first-order valence-corrected chi connectivity index (χ1v) is 6.05. The van der Waals surface area contributed by atoms with Crippen molar-refractivity contribution in [3.05, 3.63) is 29.3 Å². The van der Waals surface area contributed by atoms with Crippen molar-refractivity contribution < 1.29 is 4.74 Å². The first-order valence-electron chi connectivity index (χ1n) is 6.05. The maximum atomic E-state index is 6.04. The Morgan fingerprint density at radius 2 is 2.12 bits per heavy atom. The van der Waals surface area contributed by atoms with Gasteiger partial charge in [0.05, 0.1) is 0 Å². The molecule has 1 atom stereocenters. The molecule has 2 N–H and O–H groups in total. The van der Waals surface area contributed by atoms with Gasteiger partial charge in [-0.3, -0.25) is 0 Å². The molecule has 2 heteroatoms. The molecule has 0 aliphatic carbocycles. The zero-order valence-corrected chi connectivity index (χ0v) is 10.4. The minimum Gasteiger partial charge on any atom is -0.488 e. The van der Waals surface area contributed by atoms with Crippen LogP contribution in [-0.2, 0) is 6.42 Å². The largest absolute Gasteiger partial charge is 0.488 e. The molecule has 1 unspecified atom stereocenters. The van der Waals surface area contributed by atoms with E-state index in [1.54, 1.807) is 0 Å². The fraction of sp³-hybridized carbons (Fsp3) is 0.571. The second-order valence-electron chi connectivity index (χ2n) is 5.37. The summed E-state index contributed by atoms with van der Waals surface area (Å²) in [7, 11) is 0. The third kappa shape index (κ3) is 2.38. The molecule has 0 radical (unpaired) electrons. The highest BCUT2D eigenvalue weighted by Crippen LogP contribution is 2.32. The molecular formula is C14H21NO. The molecule has 0 amide bonds. The number of hydrogen-bond acceptors (Lipinski definition) is 2. The van der Waals surface area contributed by atoms with Gasteiger partial charge in [-0.2, -0.15) is 0 Å². The normalized spacial score (nSPS) is 20.5. The Morgan fingerprint density at radius 1 is 1.38 bits per heavy atom. The summed E-state index contributed by atoms with van der Waals surface area (Å²) in [6.07, 6.45) is 3.39. The van der Waals surface area contributed by atoms with Gasteiger partial charge in [0.2, 0.25) is 0 Å². The summed E-state index contributed by atoms with van der Waals surface area (Å²) >= 11 is 0. The molecule has 2 nitrogen and oxygen atoms in total. The Morgan fingerprint density at radius 3 is 2.81 bits per heavy atom. The monoisotopic (exact) mass is 219 g/mol. The van der Waals surface area contributed by atoms with E-state index in [0.29, 0.717) is 0 Å². The third-order valence-electron chi connectivity index (χ3n) is 3.22. The number of benzene rings is 1. The molecule has 1 heterocycles. The topological polar surface area (TPSA) is 35.2 Å². The highest BCUT2D eigenvalue weighted by atomic mass is 16.5. The molecule has 0 spiro atoms. The van der Waals surface area contributed by atoms with E-state index in [0.717, 1.165) is 18.6 Å². The number of rotatable bonds is 1. The van der Waals surface area contributed by atoms with Crippen molar-refractivity contribution in [2.45, 2.75) is 51.7 Å². The Balaban J connectivity index is 2.34. The minimum absolute atomic E-state index is 0.0406. The summed E-state index contributed by atoms with van der Waals surface area (Å²) in [5, 5.41) is 0. The van der Waals surface area contributed by atoms with Crippen molar-refractivity contribution in [3.63, 3.8) is 0 Å². The van der Waals surface area contributed by atoms with Crippen LogP contribution in [0.5, 0.6) is 5.75 Å². The van der Waals surface area contributed by atoms with E-state index < -0.39 is 0 Å². The first-order chi connectivity index (χ1) is 7.48. The Hall–Kier alpha value is -1.02. The molecule has 0 saturated heterocycles. The molecule has 88 valence electrons. The van der Waals surface area contributed by atoms with Crippen LogP contribution in [-0.4, -0.2) is 5.60 Å². The first kappa shape index (κ1) is 11.5. The molecule has 16 heavy (non-hydrogen) atoms. The van der Waals surface area contributed by atoms with E-state index in [2.05, 4.69) is 32.0 Å². The van der Waals surface area contributed by atoms with Crippen LogP contribution in [0, 0.1) is 0 Å². The average molecular weight is 219 g/mol. The molecule has 2 rings (SSSR count). The van der Waals surface area contributed by atoms with Crippen LogP contribution in [0.1, 0.15) is 50.8 Å². The second-order valence-corrected chi connectivity index (χ2v) is 5.37. The Kier molecular flexibility index (Phi) is 2.94. The molecule has 1 aliphatic heterocycles. The molecule has 0 bridgehead atoms. The van der Waals surface area contributed by atoms with Crippen LogP contribution in [0.15, 0.2) is 18.2 Å². The van der Waals surface area contributed by atoms with Crippen LogP contribution in [0.3, 0.4) is 0 Å². The van der Waals surface area contributed by atoms with Crippen LogP contribution >= 0.6 is 0 Å². The van der Waals surface area contributed by atoms with Gasteiger partial charge in [0, 0.05) is 6.04 Å². The lowest BCUT2D eigenvalue weighted by atomic mass is 9.99. The quantitative estimate of drug-likeness (QED) is 0.787. The van der Waals surface area contributed by atoms with Gasteiger partial charge in [0.15, 0.2) is 0 Å². The van der Waals surface area contributed by atoms with E-state index in [-0.39, 0.29) is 11.6 Å². The van der Waals surface area contributed by atoms with E-state index in [1.165, 1.54) is 17.5 Å². The fourth-order valence-electron chi connectivity index (χ4n) is 2.23. The number of ether oxygens (including phenoxy) is 1. The second kappa shape index (κ2) is 4.10. The SMILES string of the molecule is CC(N)c1ccc2c(c1)CCCC(C)(C)O2. The van der Waals surface area contributed by atoms with Gasteiger partial charge < -0.3 is 10.5 Å². The maximum absolute atomic E-state index is 6.04. The number of hydrogen-bond donors (Lipinski definition) is 1. The molecule has 1 aromatic carbocycles. The van der Waals surface area contributed by atoms with Crippen molar-refractivity contribution in [2.24, 2.45) is 5.73 Å². The van der Waals surface area contributed by atoms with Gasteiger partial charge in [0.25, 0.3) is 0 Å². The standard InChI is InChI=1S/C14H21NO/c1-10(15)11-6-7-13-12(9-11)5-4-8-14(2,3)16-13/h6-7,9-10H,4-5,8,15H2,1-3H3. The average Bonchev–Trinajstić information content (AvgIpc) is 2.33. The number of aryl methyl sites for hydroxylation is 1. The zero-order chi connectivity index (χ0) is 11.8. The number of fused-ring (bicyclic) bond motifs is 1. The van der Waals surface area contributed by atoms with E-state index in [4.69, 9.17) is 10.5 Å². The minimum atomic E-state index is -0.0406. The van der Waals surface area contributed by atoms with Crippen LogP contribution in [0.25, 0.3) is 0 Å². The highest BCUT2D eigenvalue weighted by molar-refractivity contribution is 5.39. The lowest BCUT2D eigenvalue weighted by Crippen LogP contribution is -2.26. The summed E-state index contributed by atoms with van der Waals surface area (Å²) in [4.78, 5) is 0. The highest BCUT2D eigenvalue weighted by Gasteiger charge is 2.24. The van der Waals surface area contributed by atoms with Gasteiger partial charge in [0.1, 0.15) is 11.4 Å². The van der Waals surface area contributed by atoms with Crippen LogP contribution < -0.4 is 10.5 Å². The van der Waals surface area contributed by atoms with Gasteiger partial charge in [-0.1, -0.05) is 12.1 Å². The lowest BCUT2D eigenvalue weighted by Gasteiger charge is -2.24. The third-order valence-corrected chi connectivity index (χ3v) is 3.22. The van der Waals surface area contributed by atoms with Gasteiger partial charge >= 0.3 is 0 Å². The molecule has 0 fully saturated rings. The van der Waals surface area contributed by atoms with Gasteiger partial charge in [-0.05, 0) is 57.2 Å². The predicted octanol–water partition coefficient (Wildman–Crippen LogP) is 3.20. The Labute approximate surface area is 97.8 Å². The van der Waals surface area contributed by atoms with Gasteiger partial charge in [-0.15, -0.1) is 0 Å². The van der Waals surface area contributed by atoms with E-state index in [1.807, 2.05) is 6.92 Å². The molecule has 1 aliphatic rings. The van der Waals surface area contributed by atoms with Crippen molar-refractivity contribution in [1.29, 1.82) is 0 Å². The maximum Gasteiger partial charge on any atom is 0.123 e. The predicted molar refractivity (Wildman–Crippen MR) is 66.7 cm³/mol. The van der Waals surface area contributed by atoms with Crippen molar-refractivity contribution >= 4 is 0 Å². The lowest BCUT2D eigenvalue weighted by molar-refractivity contribution is 0.103. The van der Waals surface area contributed by atoms with E-state index in [9.17, 15) is 0 Å². The zero-order valence-electron chi connectivity index (χ0n) is 10.4. The summed E-state index contributed by atoms with van der Waals surface area (Å²) in [5.74, 6) is 1.03. The summed E-state index contributed by atoms with van der Waals surface area (Å²) < 4.78 is 6.04. The number of nitrogens with two attached hydrogens (primary N) is 1. The van der Waals surface area contributed by atoms with Gasteiger partial charge in [-0.25, -0.2) is 0 Å². The van der Waals surface area contributed by atoms with Crippen molar-refractivity contribution in [2.75, 3.05) is 0 Å². The smallest absolute Gasteiger partial charge is 0.123 e. The van der Waals surface area contributed by atoms with E-state index >= 15 is 0 Å². The summed E-state index contributed by atoms with van der Waals surface area (Å²) in [6.45, 7) is 6.33. The molecule has 0 saturated carbocycles. The summed E-state index contributed by atoms with van der Waals surface area (Å²) in [5.41, 5.74) is 8.36. The van der Waals surface area contributed by atoms with Crippen LogP contribution in [0.2, 0.25) is 0 Å². The molecule has 0 aromatic heterocycles. The Bertz CT molecular complexity index is 382. The van der Waals surface area contributed by atoms with Crippen molar-refractivity contribution in [1.82, 2.24) is 0 Å². The van der Waals surface area contributed by atoms with Crippen molar-refractivity contribution in [3.8, 4) is 5.75 Å². The summed E-state index contributed by atoms with van der Waals surface area (Å²) in [6, 6.07) is 6.44. The van der Waals surface area contributed by atoms with Crippen LogP contribution in [0.4, 0.5) is 0 Å². The molecular weight excluding hydrogens is 198 g/mol. The molecule has 1 aromatic rings.